The van der Waals surface area contributed by atoms with Gasteiger partial charge in [-0.3, -0.25) is 4.79 Å². The van der Waals surface area contributed by atoms with E-state index in [1.807, 2.05) is 53.4 Å². The molecule has 1 aliphatic heterocycles. The molecular weight excluding hydrogens is 274 g/mol. The van der Waals surface area contributed by atoms with E-state index in [-0.39, 0.29) is 17.9 Å². The van der Waals surface area contributed by atoms with Crippen LogP contribution in [0.3, 0.4) is 0 Å². The number of rotatable bonds is 3. The van der Waals surface area contributed by atoms with Crippen LogP contribution in [0.1, 0.15) is 25.8 Å². The number of fused-ring (bicyclic) bond motifs is 1. The SMILES string of the molecule is CC1(C)CCN(C(=O)COc2ccccc2)c2ccccc21. The van der Waals surface area contributed by atoms with Crippen molar-refractivity contribution in [3.63, 3.8) is 0 Å². The summed E-state index contributed by atoms with van der Waals surface area (Å²) in [7, 11) is 0. The lowest BCUT2D eigenvalue weighted by Crippen LogP contribution is -2.43. The zero-order valence-corrected chi connectivity index (χ0v) is 13.1. The fourth-order valence-corrected chi connectivity index (χ4v) is 2.93. The zero-order valence-electron chi connectivity index (χ0n) is 13.1. The second kappa shape index (κ2) is 5.84. The summed E-state index contributed by atoms with van der Waals surface area (Å²) >= 11 is 0. The quantitative estimate of drug-likeness (QED) is 0.862. The number of nitrogens with zero attached hydrogens (tertiary/aromatic N) is 1. The standard InChI is InChI=1S/C19H21NO2/c1-19(2)12-13-20(17-11-7-6-10-16(17)19)18(21)14-22-15-8-4-3-5-9-15/h3-11H,12-14H2,1-2H3. The molecule has 3 nitrogen and oxygen atoms in total. The molecule has 1 heterocycles. The predicted octanol–water partition coefficient (Wildman–Crippen LogP) is 3.78. The van der Waals surface area contributed by atoms with Crippen molar-refractivity contribution in [2.45, 2.75) is 25.7 Å². The highest BCUT2D eigenvalue weighted by Gasteiger charge is 2.33. The molecule has 0 aliphatic carbocycles. The van der Waals surface area contributed by atoms with Gasteiger partial charge in [0.25, 0.3) is 5.91 Å². The van der Waals surface area contributed by atoms with Crippen molar-refractivity contribution in [1.82, 2.24) is 0 Å². The third kappa shape index (κ3) is 2.84. The van der Waals surface area contributed by atoms with E-state index in [1.54, 1.807) is 0 Å². The average Bonchev–Trinajstić information content (AvgIpc) is 2.54. The van der Waals surface area contributed by atoms with Crippen LogP contribution in [-0.2, 0) is 10.2 Å². The molecule has 2 aromatic carbocycles. The monoisotopic (exact) mass is 295 g/mol. The highest BCUT2D eigenvalue weighted by atomic mass is 16.5. The van der Waals surface area contributed by atoms with Gasteiger partial charge in [0.05, 0.1) is 0 Å². The van der Waals surface area contributed by atoms with E-state index in [1.165, 1.54) is 5.56 Å². The van der Waals surface area contributed by atoms with Gasteiger partial charge >= 0.3 is 0 Å². The van der Waals surface area contributed by atoms with Gasteiger partial charge in [-0.25, -0.2) is 0 Å². The Balaban J connectivity index is 1.76. The minimum Gasteiger partial charge on any atom is -0.484 e. The molecule has 3 heteroatoms. The van der Waals surface area contributed by atoms with Gasteiger partial charge in [-0.1, -0.05) is 50.2 Å². The first-order valence-electron chi connectivity index (χ1n) is 7.66. The third-order valence-electron chi connectivity index (χ3n) is 4.29. The molecule has 22 heavy (non-hydrogen) atoms. The van der Waals surface area contributed by atoms with Gasteiger partial charge in [-0.05, 0) is 35.6 Å². The third-order valence-corrected chi connectivity index (χ3v) is 4.29. The Morgan fingerprint density at radius 3 is 2.55 bits per heavy atom. The highest BCUT2D eigenvalue weighted by molar-refractivity contribution is 5.96. The Morgan fingerprint density at radius 1 is 1.09 bits per heavy atom. The van der Waals surface area contributed by atoms with Crippen molar-refractivity contribution in [1.29, 1.82) is 0 Å². The Labute approximate surface area is 131 Å². The van der Waals surface area contributed by atoms with Gasteiger partial charge in [0, 0.05) is 12.2 Å². The Kier molecular flexibility index (Phi) is 3.88. The summed E-state index contributed by atoms with van der Waals surface area (Å²) in [5, 5.41) is 0. The largest absolute Gasteiger partial charge is 0.484 e. The van der Waals surface area contributed by atoms with Gasteiger partial charge in [-0.15, -0.1) is 0 Å². The maximum absolute atomic E-state index is 12.5. The first-order valence-corrected chi connectivity index (χ1v) is 7.66. The first-order chi connectivity index (χ1) is 10.6. The minimum atomic E-state index is 0.00630. The van der Waals surface area contributed by atoms with Gasteiger partial charge in [0.2, 0.25) is 0 Å². The van der Waals surface area contributed by atoms with E-state index in [4.69, 9.17) is 4.74 Å². The predicted molar refractivity (Wildman–Crippen MR) is 88.4 cm³/mol. The lowest BCUT2D eigenvalue weighted by atomic mass is 9.77. The summed E-state index contributed by atoms with van der Waals surface area (Å²) in [5.74, 6) is 0.730. The molecule has 0 bridgehead atoms. The number of carbonyl (C=O) groups excluding carboxylic acids is 1. The fourth-order valence-electron chi connectivity index (χ4n) is 2.93. The molecule has 0 spiro atoms. The second-order valence-electron chi connectivity index (χ2n) is 6.30. The first kappa shape index (κ1) is 14.6. The van der Waals surface area contributed by atoms with Crippen LogP contribution in [0.5, 0.6) is 5.75 Å². The molecular formula is C19H21NO2. The molecule has 3 rings (SSSR count). The van der Waals surface area contributed by atoms with Gasteiger partial charge < -0.3 is 9.64 Å². The lowest BCUT2D eigenvalue weighted by Gasteiger charge is -2.39. The van der Waals surface area contributed by atoms with Crippen molar-refractivity contribution >= 4 is 11.6 Å². The van der Waals surface area contributed by atoms with E-state index < -0.39 is 0 Å². The molecule has 0 saturated carbocycles. The molecule has 0 radical (unpaired) electrons. The van der Waals surface area contributed by atoms with Gasteiger partial charge in [-0.2, -0.15) is 0 Å². The van der Waals surface area contributed by atoms with Crippen LogP contribution in [0.4, 0.5) is 5.69 Å². The number of benzene rings is 2. The molecule has 1 amide bonds. The summed E-state index contributed by atoms with van der Waals surface area (Å²) in [6, 6.07) is 17.6. The van der Waals surface area contributed by atoms with Crippen LogP contribution in [0.25, 0.3) is 0 Å². The number of amides is 1. The number of carbonyl (C=O) groups is 1. The summed E-state index contributed by atoms with van der Waals surface area (Å²) < 4.78 is 5.60. The summed E-state index contributed by atoms with van der Waals surface area (Å²) in [6.45, 7) is 5.27. The van der Waals surface area contributed by atoms with Crippen LogP contribution in [0.2, 0.25) is 0 Å². The van der Waals surface area contributed by atoms with E-state index in [0.29, 0.717) is 0 Å². The topological polar surface area (TPSA) is 29.5 Å². The van der Waals surface area contributed by atoms with Crippen LogP contribution in [0, 0.1) is 0 Å². The molecule has 114 valence electrons. The van der Waals surface area contributed by atoms with Gasteiger partial charge in [0.1, 0.15) is 5.75 Å². The van der Waals surface area contributed by atoms with Gasteiger partial charge in [0.15, 0.2) is 6.61 Å². The van der Waals surface area contributed by atoms with Crippen LogP contribution < -0.4 is 9.64 Å². The van der Waals surface area contributed by atoms with Crippen molar-refractivity contribution < 1.29 is 9.53 Å². The normalized spacial score (nSPS) is 16.0. The van der Waals surface area contributed by atoms with E-state index >= 15 is 0 Å². The summed E-state index contributed by atoms with van der Waals surface area (Å²) in [6.07, 6.45) is 0.959. The highest BCUT2D eigenvalue weighted by Crippen LogP contribution is 2.39. The number of anilines is 1. The smallest absolute Gasteiger partial charge is 0.264 e. The Hall–Kier alpha value is -2.29. The van der Waals surface area contributed by atoms with Crippen LogP contribution in [0.15, 0.2) is 54.6 Å². The number of hydrogen-bond acceptors (Lipinski definition) is 2. The maximum atomic E-state index is 12.5. The fraction of sp³-hybridized carbons (Fsp3) is 0.316. The van der Waals surface area contributed by atoms with E-state index in [0.717, 1.165) is 24.4 Å². The summed E-state index contributed by atoms with van der Waals surface area (Å²) in [5.41, 5.74) is 2.35. The molecule has 0 fully saturated rings. The van der Waals surface area contributed by atoms with Crippen LogP contribution >= 0.6 is 0 Å². The molecule has 0 saturated heterocycles. The minimum absolute atomic E-state index is 0.00630. The Bertz CT molecular complexity index is 664. The number of ether oxygens (including phenoxy) is 1. The molecule has 0 unspecified atom stereocenters. The second-order valence-corrected chi connectivity index (χ2v) is 6.30. The van der Waals surface area contributed by atoms with E-state index in [2.05, 4.69) is 19.9 Å². The molecule has 1 aliphatic rings. The average molecular weight is 295 g/mol. The van der Waals surface area contributed by atoms with Crippen molar-refractivity contribution in [2.24, 2.45) is 0 Å². The van der Waals surface area contributed by atoms with Crippen LogP contribution in [-0.4, -0.2) is 19.1 Å². The molecule has 0 atom stereocenters. The maximum Gasteiger partial charge on any atom is 0.264 e. The van der Waals surface area contributed by atoms with Crippen molar-refractivity contribution in [3.8, 4) is 5.75 Å². The molecule has 2 aromatic rings. The van der Waals surface area contributed by atoms with Crippen molar-refractivity contribution in [2.75, 3.05) is 18.1 Å². The Morgan fingerprint density at radius 2 is 1.77 bits per heavy atom. The lowest BCUT2D eigenvalue weighted by molar-refractivity contribution is -0.120. The van der Waals surface area contributed by atoms with E-state index in [9.17, 15) is 4.79 Å². The van der Waals surface area contributed by atoms with Crippen molar-refractivity contribution in [3.05, 3.63) is 60.2 Å². The molecule has 0 N–H and O–H groups in total. The summed E-state index contributed by atoms with van der Waals surface area (Å²) in [4.78, 5) is 14.4. The number of para-hydroxylation sites is 2. The molecule has 0 aromatic heterocycles. The zero-order chi connectivity index (χ0) is 15.6. The number of hydrogen-bond donors (Lipinski definition) is 0.